The van der Waals surface area contributed by atoms with E-state index in [1.165, 1.54) is 0 Å². The molecule has 0 aliphatic carbocycles. The van der Waals surface area contributed by atoms with Gasteiger partial charge in [-0.25, -0.2) is 0 Å². The lowest BCUT2D eigenvalue weighted by Gasteiger charge is -2.25. The van der Waals surface area contributed by atoms with E-state index in [9.17, 15) is 4.79 Å². The van der Waals surface area contributed by atoms with Crippen LogP contribution in [0.25, 0.3) is 0 Å². The maximum atomic E-state index is 12.1. The maximum Gasteiger partial charge on any atom is 0.166 e. The van der Waals surface area contributed by atoms with Gasteiger partial charge in [0.05, 0.1) is 0 Å². The molecule has 0 radical (unpaired) electrons. The van der Waals surface area contributed by atoms with Gasteiger partial charge in [0.25, 0.3) is 0 Å². The van der Waals surface area contributed by atoms with Crippen LogP contribution in [-0.4, -0.2) is 5.78 Å². The second kappa shape index (κ2) is 4.36. The fourth-order valence-corrected chi connectivity index (χ4v) is 1.48. The van der Waals surface area contributed by atoms with Gasteiger partial charge in [-0.3, -0.25) is 4.79 Å². The summed E-state index contributed by atoms with van der Waals surface area (Å²) in [5.74, 6) is 0.154. The molecule has 1 nitrogen and oxygen atoms in total. The fraction of sp³-hybridized carbons (Fsp3) is 0.462. The Bertz CT molecular complexity index is 363. The largest absolute Gasteiger partial charge is 0.294 e. The van der Waals surface area contributed by atoms with Crippen LogP contribution in [-0.2, 0) is 0 Å². The van der Waals surface area contributed by atoms with Crippen molar-refractivity contribution in [2.45, 2.75) is 27.7 Å². The van der Waals surface area contributed by atoms with Gasteiger partial charge in [-0.05, 0) is 17.5 Å². The van der Waals surface area contributed by atoms with Gasteiger partial charge < -0.3 is 0 Å². The Hall–Kier alpha value is -0.820. The average molecular weight is 225 g/mol. The zero-order valence-electron chi connectivity index (χ0n) is 9.67. The number of benzene rings is 1. The van der Waals surface area contributed by atoms with Crippen LogP contribution in [0.15, 0.2) is 24.3 Å². The minimum Gasteiger partial charge on any atom is -0.294 e. The third-order valence-corrected chi connectivity index (χ3v) is 3.04. The van der Waals surface area contributed by atoms with E-state index in [-0.39, 0.29) is 17.1 Å². The van der Waals surface area contributed by atoms with Crippen molar-refractivity contribution in [3.63, 3.8) is 0 Å². The number of carbonyl (C=O) groups is 1. The SMILES string of the molecule is CC(C(=O)c1cccc(Cl)c1)C(C)(C)C. The molecule has 0 saturated heterocycles. The number of carbonyl (C=O) groups excluding carboxylic acids is 1. The molecule has 0 amide bonds. The quantitative estimate of drug-likeness (QED) is 0.688. The van der Waals surface area contributed by atoms with Crippen LogP contribution < -0.4 is 0 Å². The Morgan fingerprint density at radius 3 is 2.40 bits per heavy atom. The van der Waals surface area contributed by atoms with E-state index in [4.69, 9.17) is 11.6 Å². The first kappa shape index (κ1) is 12.3. The molecule has 0 aliphatic rings. The molecule has 15 heavy (non-hydrogen) atoms. The normalized spacial score (nSPS) is 13.7. The van der Waals surface area contributed by atoms with E-state index in [0.29, 0.717) is 10.6 Å². The topological polar surface area (TPSA) is 17.1 Å². The van der Waals surface area contributed by atoms with E-state index in [0.717, 1.165) is 0 Å². The molecule has 1 aromatic carbocycles. The fourth-order valence-electron chi connectivity index (χ4n) is 1.29. The molecule has 0 fully saturated rings. The van der Waals surface area contributed by atoms with E-state index in [1.807, 2.05) is 19.1 Å². The van der Waals surface area contributed by atoms with E-state index in [1.54, 1.807) is 12.1 Å². The molecular formula is C13H17ClO. The molecular weight excluding hydrogens is 208 g/mol. The van der Waals surface area contributed by atoms with Gasteiger partial charge in [-0.1, -0.05) is 51.4 Å². The number of ketones is 1. The zero-order valence-corrected chi connectivity index (χ0v) is 10.4. The number of halogens is 1. The Morgan fingerprint density at radius 1 is 1.33 bits per heavy atom. The van der Waals surface area contributed by atoms with Crippen LogP contribution in [0.3, 0.4) is 0 Å². The zero-order chi connectivity index (χ0) is 11.6. The molecule has 0 N–H and O–H groups in total. The van der Waals surface area contributed by atoms with Gasteiger partial charge in [0.1, 0.15) is 0 Å². The highest BCUT2D eigenvalue weighted by Crippen LogP contribution is 2.28. The Balaban J connectivity index is 2.95. The number of rotatable bonds is 2. The minimum atomic E-state index is -0.0145. The van der Waals surface area contributed by atoms with Crippen molar-refractivity contribution < 1.29 is 4.79 Å². The van der Waals surface area contributed by atoms with Crippen LogP contribution in [0, 0.1) is 11.3 Å². The van der Waals surface area contributed by atoms with Crippen molar-refractivity contribution in [1.29, 1.82) is 0 Å². The first-order chi connectivity index (χ1) is 6.82. The molecule has 0 aliphatic heterocycles. The molecule has 0 spiro atoms. The second-order valence-electron chi connectivity index (χ2n) is 4.96. The highest BCUT2D eigenvalue weighted by Gasteiger charge is 2.27. The van der Waals surface area contributed by atoms with E-state index in [2.05, 4.69) is 20.8 Å². The summed E-state index contributed by atoms with van der Waals surface area (Å²) in [5.41, 5.74) is 0.685. The van der Waals surface area contributed by atoms with Crippen molar-refractivity contribution in [3.05, 3.63) is 34.9 Å². The standard InChI is InChI=1S/C13H17ClO/c1-9(13(2,3)4)12(15)10-6-5-7-11(14)8-10/h5-9H,1-4H3. The monoisotopic (exact) mass is 224 g/mol. The first-order valence-corrected chi connectivity index (χ1v) is 5.50. The van der Waals surface area contributed by atoms with Crippen molar-refractivity contribution >= 4 is 17.4 Å². The summed E-state index contributed by atoms with van der Waals surface area (Å²) in [6.45, 7) is 8.17. The van der Waals surface area contributed by atoms with Crippen LogP contribution in [0.5, 0.6) is 0 Å². The van der Waals surface area contributed by atoms with Crippen LogP contribution in [0.1, 0.15) is 38.1 Å². The predicted molar refractivity (Wildman–Crippen MR) is 64.4 cm³/mol. The molecule has 0 saturated carbocycles. The number of hydrogen-bond donors (Lipinski definition) is 0. The molecule has 1 unspecified atom stereocenters. The summed E-state index contributed by atoms with van der Waals surface area (Å²) < 4.78 is 0. The molecule has 0 bridgehead atoms. The van der Waals surface area contributed by atoms with Gasteiger partial charge in [0.15, 0.2) is 5.78 Å². The Kier molecular flexibility index (Phi) is 3.56. The van der Waals surface area contributed by atoms with Crippen LogP contribution in [0.2, 0.25) is 5.02 Å². The average Bonchev–Trinajstić information content (AvgIpc) is 2.14. The van der Waals surface area contributed by atoms with Crippen LogP contribution >= 0.6 is 11.6 Å². The third-order valence-electron chi connectivity index (χ3n) is 2.80. The summed E-state index contributed by atoms with van der Waals surface area (Å²) in [7, 11) is 0. The summed E-state index contributed by atoms with van der Waals surface area (Å²) in [6.07, 6.45) is 0. The van der Waals surface area contributed by atoms with Gasteiger partial charge in [0.2, 0.25) is 0 Å². The van der Waals surface area contributed by atoms with Gasteiger partial charge in [-0.15, -0.1) is 0 Å². The summed E-state index contributed by atoms with van der Waals surface area (Å²) in [4.78, 5) is 12.1. The maximum absolute atomic E-state index is 12.1. The third kappa shape index (κ3) is 3.07. The molecule has 1 atom stereocenters. The number of hydrogen-bond acceptors (Lipinski definition) is 1. The Labute approximate surface area is 96.5 Å². The van der Waals surface area contributed by atoms with E-state index < -0.39 is 0 Å². The molecule has 0 aromatic heterocycles. The van der Waals surface area contributed by atoms with Crippen LogP contribution in [0.4, 0.5) is 0 Å². The molecule has 2 heteroatoms. The number of Topliss-reactive ketones (excluding diaryl/α,β-unsaturated/α-hetero) is 1. The van der Waals surface area contributed by atoms with Crippen molar-refractivity contribution in [2.75, 3.05) is 0 Å². The van der Waals surface area contributed by atoms with Crippen molar-refractivity contribution in [1.82, 2.24) is 0 Å². The minimum absolute atomic E-state index is 0.00373. The highest BCUT2D eigenvalue weighted by atomic mass is 35.5. The first-order valence-electron chi connectivity index (χ1n) is 5.12. The Morgan fingerprint density at radius 2 is 1.93 bits per heavy atom. The van der Waals surface area contributed by atoms with Gasteiger partial charge in [0, 0.05) is 16.5 Å². The lowest BCUT2D eigenvalue weighted by atomic mass is 9.78. The lowest BCUT2D eigenvalue weighted by molar-refractivity contribution is 0.0839. The molecule has 82 valence electrons. The summed E-state index contributed by atoms with van der Waals surface area (Å²) in [6, 6.07) is 7.13. The summed E-state index contributed by atoms with van der Waals surface area (Å²) >= 11 is 5.86. The van der Waals surface area contributed by atoms with E-state index >= 15 is 0 Å². The van der Waals surface area contributed by atoms with Gasteiger partial charge in [-0.2, -0.15) is 0 Å². The van der Waals surface area contributed by atoms with Crippen molar-refractivity contribution in [2.24, 2.45) is 11.3 Å². The highest BCUT2D eigenvalue weighted by molar-refractivity contribution is 6.31. The smallest absolute Gasteiger partial charge is 0.166 e. The van der Waals surface area contributed by atoms with Gasteiger partial charge >= 0.3 is 0 Å². The molecule has 0 heterocycles. The molecule has 1 rings (SSSR count). The van der Waals surface area contributed by atoms with Crippen molar-refractivity contribution in [3.8, 4) is 0 Å². The molecule has 1 aromatic rings. The lowest BCUT2D eigenvalue weighted by Crippen LogP contribution is -2.25. The second-order valence-corrected chi connectivity index (χ2v) is 5.40. The summed E-state index contributed by atoms with van der Waals surface area (Å²) in [5, 5.41) is 0.613. The predicted octanol–water partition coefficient (Wildman–Crippen LogP) is 4.20.